The zero-order chi connectivity index (χ0) is 12.1. The summed E-state index contributed by atoms with van der Waals surface area (Å²) >= 11 is 0. The fourth-order valence-corrected chi connectivity index (χ4v) is 1.85. The predicted octanol–water partition coefficient (Wildman–Crippen LogP) is 1.88. The van der Waals surface area contributed by atoms with Crippen molar-refractivity contribution in [2.24, 2.45) is 0 Å². The van der Waals surface area contributed by atoms with E-state index in [4.69, 9.17) is 0 Å². The monoisotopic (exact) mass is 238 g/mol. The predicted molar refractivity (Wildman–Crippen MR) is 64.7 cm³/mol. The fraction of sp³-hybridized carbons (Fsp3) is 0.385. The maximum absolute atomic E-state index is 12.9. The summed E-state index contributed by atoms with van der Waals surface area (Å²) in [6, 6.07) is 3.94. The SMILES string of the molecule is Fc1ccc(/C=C/CN2CCNCC2)cc1F. The van der Waals surface area contributed by atoms with Gasteiger partial charge in [-0.25, -0.2) is 8.78 Å². The zero-order valence-corrected chi connectivity index (χ0v) is 9.63. The first kappa shape index (κ1) is 12.2. The van der Waals surface area contributed by atoms with Crippen molar-refractivity contribution in [3.63, 3.8) is 0 Å². The molecule has 1 fully saturated rings. The van der Waals surface area contributed by atoms with Gasteiger partial charge in [0.25, 0.3) is 0 Å². The molecule has 0 bridgehead atoms. The number of rotatable bonds is 3. The Morgan fingerprint density at radius 2 is 1.94 bits per heavy atom. The first-order valence-electron chi connectivity index (χ1n) is 5.80. The van der Waals surface area contributed by atoms with Crippen LogP contribution in [0.25, 0.3) is 6.08 Å². The lowest BCUT2D eigenvalue weighted by Gasteiger charge is -2.25. The molecule has 0 saturated carbocycles. The molecule has 0 radical (unpaired) electrons. The number of halogens is 2. The van der Waals surface area contributed by atoms with Crippen molar-refractivity contribution < 1.29 is 8.78 Å². The highest BCUT2D eigenvalue weighted by Crippen LogP contribution is 2.10. The lowest BCUT2D eigenvalue weighted by Crippen LogP contribution is -2.43. The van der Waals surface area contributed by atoms with Crippen molar-refractivity contribution in [2.75, 3.05) is 32.7 Å². The van der Waals surface area contributed by atoms with E-state index in [0.717, 1.165) is 38.8 Å². The summed E-state index contributed by atoms with van der Waals surface area (Å²) in [6.45, 7) is 4.93. The maximum atomic E-state index is 12.9. The molecule has 0 aliphatic carbocycles. The normalized spacial score (nSPS) is 17.8. The number of hydrogen-bond donors (Lipinski definition) is 1. The molecule has 1 aromatic rings. The summed E-state index contributed by atoms with van der Waals surface area (Å²) < 4.78 is 25.6. The van der Waals surface area contributed by atoms with Crippen LogP contribution in [0.1, 0.15) is 5.56 Å². The fourth-order valence-electron chi connectivity index (χ4n) is 1.85. The zero-order valence-electron chi connectivity index (χ0n) is 9.63. The van der Waals surface area contributed by atoms with Gasteiger partial charge in [-0.15, -0.1) is 0 Å². The van der Waals surface area contributed by atoms with Crippen LogP contribution >= 0.6 is 0 Å². The Morgan fingerprint density at radius 1 is 1.18 bits per heavy atom. The summed E-state index contributed by atoms with van der Waals surface area (Å²) in [6.07, 6.45) is 3.81. The van der Waals surface area contributed by atoms with E-state index in [1.165, 1.54) is 6.07 Å². The van der Waals surface area contributed by atoms with E-state index in [2.05, 4.69) is 10.2 Å². The van der Waals surface area contributed by atoms with Crippen LogP contribution in [0.3, 0.4) is 0 Å². The van der Waals surface area contributed by atoms with Crippen molar-refractivity contribution in [3.05, 3.63) is 41.5 Å². The highest BCUT2D eigenvalue weighted by Gasteiger charge is 2.06. The first-order chi connectivity index (χ1) is 8.25. The molecular weight excluding hydrogens is 222 g/mol. The Balaban J connectivity index is 1.88. The van der Waals surface area contributed by atoms with E-state index in [9.17, 15) is 8.78 Å². The van der Waals surface area contributed by atoms with Gasteiger partial charge in [-0.05, 0) is 17.7 Å². The molecule has 1 aliphatic heterocycles. The molecule has 1 N–H and O–H groups in total. The third-order valence-corrected chi connectivity index (χ3v) is 2.83. The van der Waals surface area contributed by atoms with E-state index in [1.807, 2.05) is 12.2 Å². The van der Waals surface area contributed by atoms with Crippen molar-refractivity contribution in [1.82, 2.24) is 10.2 Å². The van der Waals surface area contributed by atoms with Gasteiger partial charge >= 0.3 is 0 Å². The molecule has 1 heterocycles. The minimum Gasteiger partial charge on any atom is -0.314 e. The molecule has 1 aliphatic rings. The van der Waals surface area contributed by atoms with Crippen LogP contribution in [-0.2, 0) is 0 Å². The van der Waals surface area contributed by atoms with Crippen molar-refractivity contribution >= 4 is 6.08 Å². The molecular formula is C13H16F2N2. The van der Waals surface area contributed by atoms with Crippen LogP contribution in [0.5, 0.6) is 0 Å². The van der Waals surface area contributed by atoms with E-state index >= 15 is 0 Å². The highest BCUT2D eigenvalue weighted by molar-refractivity contribution is 5.49. The Morgan fingerprint density at radius 3 is 2.65 bits per heavy atom. The quantitative estimate of drug-likeness (QED) is 0.865. The Kier molecular flexibility index (Phi) is 4.23. The van der Waals surface area contributed by atoms with Crippen LogP contribution in [-0.4, -0.2) is 37.6 Å². The molecule has 1 saturated heterocycles. The third-order valence-electron chi connectivity index (χ3n) is 2.83. The molecule has 4 heteroatoms. The van der Waals surface area contributed by atoms with Crippen LogP contribution in [0, 0.1) is 11.6 Å². The number of nitrogens with zero attached hydrogens (tertiary/aromatic N) is 1. The standard InChI is InChI=1S/C13H16F2N2/c14-12-4-3-11(10-13(12)15)2-1-7-17-8-5-16-6-9-17/h1-4,10,16H,5-9H2/b2-1+. The molecule has 0 unspecified atom stereocenters. The molecule has 2 nitrogen and oxygen atoms in total. The van der Waals surface area contributed by atoms with Gasteiger partial charge in [0.1, 0.15) is 0 Å². The largest absolute Gasteiger partial charge is 0.314 e. The van der Waals surface area contributed by atoms with Gasteiger partial charge in [-0.1, -0.05) is 18.2 Å². The molecule has 2 rings (SSSR count). The van der Waals surface area contributed by atoms with E-state index in [-0.39, 0.29) is 0 Å². The van der Waals surface area contributed by atoms with E-state index in [0.29, 0.717) is 5.56 Å². The van der Waals surface area contributed by atoms with Crippen molar-refractivity contribution in [3.8, 4) is 0 Å². The van der Waals surface area contributed by atoms with E-state index in [1.54, 1.807) is 6.07 Å². The molecule has 1 aromatic carbocycles. The summed E-state index contributed by atoms with van der Waals surface area (Å²) in [5.41, 5.74) is 0.694. The summed E-state index contributed by atoms with van der Waals surface area (Å²) in [5, 5.41) is 3.28. The minimum absolute atomic E-state index is 0.694. The second-order valence-corrected chi connectivity index (χ2v) is 4.13. The minimum atomic E-state index is -0.802. The number of hydrogen-bond acceptors (Lipinski definition) is 2. The van der Waals surface area contributed by atoms with Gasteiger partial charge in [-0.3, -0.25) is 4.90 Å². The lowest BCUT2D eigenvalue weighted by molar-refractivity contribution is 0.265. The second kappa shape index (κ2) is 5.89. The lowest BCUT2D eigenvalue weighted by atomic mass is 10.2. The van der Waals surface area contributed by atoms with Crippen molar-refractivity contribution in [1.29, 1.82) is 0 Å². The number of nitrogens with one attached hydrogen (secondary N) is 1. The highest BCUT2D eigenvalue weighted by atomic mass is 19.2. The van der Waals surface area contributed by atoms with Crippen LogP contribution in [0.2, 0.25) is 0 Å². The average molecular weight is 238 g/mol. The summed E-state index contributed by atoms with van der Waals surface area (Å²) in [7, 11) is 0. The van der Waals surface area contributed by atoms with Gasteiger partial charge < -0.3 is 5.32 Å². The molecule has 92 valence electrons. The topological polar surface area (TPSA) is 15.3 Å². The van der Waals surface area contributed by atoms with E-state index < -0.39 is 11.6 Å². The van der Waals surface area contributed by atoms with Gasteiger partial charge in [0, 0.05) is 32.7 Å². The number of benzene rings is 1. The van der Waals surface area contributed by atoms with Gasteiger partial charge in [0.15, 0.2) is 11.6 Å². The number of piperazine rings is 1. The van der Waals surface area contributed by atoms with Gasteiger partial charge in [0.05, 0.1) is 0 Å². The second-order valence-electron chi connectivity index (χ2n) is 4.13. The maximum Gasteiger partial charge on any atom is 0.159 e. The molecule has 0 atom stereocenters. The molecule has 0 aromatic heterocycles. The Hall–Kier alpha value is -1.26. The van der Waals surface area contributed by atoms with Gasteiger partial charge in [-0.2, -0.15) is 0 Å². The molecule has 0 spiro atoms. The first-order valence-corrected chi connectivity index (χ1v) is 5.80. The Labute approximate surface area is 99.9 Å². The molecule has 17 heavy (non-hydrogen) atoms. The van der Waals surface area contributed by atoms with Crippen molar-refractivity contribution in [2.45, 2.75) is 0 Å². The summed E-state index contributed by atoms with van der Waals surface area (Å²) in [5.74, 6) is -1.60. The van der Waals surface area contributed by atoms with Crippen LogP contribution in [0.4, 0.5) is 8.78 Å². The van der Waals surface area contributed by atoms with Gasteiger partial charge in [0.2, 0.25) is 0 Å². The molecule has 0 amide bonds. The van der Waals surface area contributed by atoms with Crippen LogP contribution < -0.4 is 5.32 Å². The smallest absolute Gasteiger partial charge is 0.159 e. The third kappa shape index (κ3) is 3.61. The average Bonchev–Trinajstić information content (AvgIpc) is 2.35. The summed E-state index contributed by atoms with van der Waals surface area (Å²) in [4.78, 5) is 2.31. The van der Waals surface area contributed by atoms with Crippen LogP contribution in [0.15, 0.2) is 24.3 Å². The Bertz CT molecular complexity index is 398.